The summed E-state index contributed by atoms with van der Waals surface area (Å²) in [6.07, 6.45) is 0. The highest BCUT2D eigenvalue weighted by molar-refractivity contribution is 7.89. The van der Waals surface area contributed by atoms with Gasteiger partial charge in [-0.2, -0.15) is 4.72 Å². The van der Waals surface area contributed by atoms with Crippen molar-refractivity contribution in [3.8, 4) is 0 Å². The van der Waals surface area contributed by atoms with E-state index in [0.29, 0.717) is 5.69 Å². The molecule has 3 N–H and O–H groups in total. The van der Waals surface area contributed by atoms with Crippen LogP contribution >= 0.6 is 11.3 Å². The fourth-order valence-corrected chi connectivity index (χ4v) is 5.49. The number of esters is 1. The molecule has 0 saturated carbocycles. The molecule has 0 amide bonds. The van der Waals surface area contributed by atoms with Crippen molar-refractivity contribution in [3.05, 3.63) is 36.4 Å². The first-order valence-electron chi connectivity index (χ1n) is 9.34. The lowest BCUT2D eigenvalue weighted by Gasteiger charge is -2.26. The molecule has 3 rings (SSSR count). The zero-order valence-electron chi connectivity index (χ0n) is 17.1. The number of hydrogen-bond donors (Lipinski definition) is 2. The van der Waals surface area contributed by atoms with E-state index in [0.717, 1.165) is 20.2 Å². The van der Waals surface area contributed by atoms with Crippen LogP contribution in [-0.4, -0.2) is 26.0 Å². The maximum atomic E-state index is 13.0. The Morgan fingerprint density at radius 3 is 2.38 bits per heavy atom. The minimum absolute atomic E-state index is 0.107. The maximum absolute atomic E-state index is 13.0. The standard InChI is InChI=1S/C21H26N2O4S2/c1-12(2)19(20(24)27-21(3,4)5)23-29(25,26)14-7-9-17-16(11-14)15-8-6-13(22)10-18(15)28-17/h6-12,19,23H,22H2,1-5H3. The van der Waals surface area contributed by atoms with Gasteiger partial charge in [0.25, 0.3) is 0 Å². The lowest BCUT2D eigenvalue weighted by Crippen LogP contribution is -2.47. The molecule has 6 nitrogen and oxygen atoms in total. The van der Waals surface area contributed by atoms with Gasteiger partial charge in [-0.15, -0.1) is 11.3 Å². The van der Waals surface area contributed by atoms with Crippen LogP contribution in [0.2, 0.25) is 0 Å². The Kier molecular flexibility index (Phi) is 5.64. The number of anilines is 1. The lowest BCUT2D eigenvalue weighted by atomic mass is 10.1. The first kappa shape index (κ1) is 21.5. The number of carbonyl (C=O) groups is 1. The summed E-state index contributed by atoms with van der Waals surface area (Å²) in [6.45, 7) is 8.80. The maximum Gasteiger partial charge on any atom is 0.324 e. The Morgan fingerprint density at radius 2 is 1.76 bits per heavy atom. The Bertz CT molecular complexity index is 1170. The molecule has 1 aromatic heterocycles. The van der Waals surface area contributed by atoms with Crippen molar-refractivity contribution in [2.24, 2.45) is 5.92 Å². The van der Waals surface area contributed by atoms with Crippen LogP contribution in [0, 0.1) is 5.92 Å². The quantitative estimate of drug-likeness (QED) is 0.461. The van der Waals surface area contributed by atoms with E-state index in [1.54, 1.807) is 70.2 Å². The van der Waals surface area contributed by atoms with Gasteiger partial charge in [0.05, 0.1) is 4.90 Å². The molecule has 0 aliphatic rings. The number of nitrogens with two attached hydrogens (primary N) is 1. The predicted octanol–water partition coefficient (Wildman–Crippen LogP) is 4.28. The van der Waals surface area contributed by atoms with Crippen LogP contribution in [0.15, 0.2) is 41.3 Å². The molecule has 2 aromatic carbocycles. The van der Waals surface area contributed by atoms with Crippen molar-refractivity contribution in [1.29, 1.82) is 0 Å². The number of benzene rings is 2. The molecule has 0 radical (unpaired) electrons. The van der Waals surface area contributed by atoms with Crippen molar-refractivity contribution in [2.75, 3.05) is 5.73 Å². The lowest BCUT2D eigenvalue weighted by molar-refractivity contribution is -0.158. The summed E-state index contributed by atoms with van der Waals surface area (Å²) < 4.78 is 36.0. The second-order valence-corrected chi connectivity index (χ2v) is 11.2. The van der Waals surface area contributed by atoms with Crippen molar-refractivity contribution in [1.82, 2.24) is 4.72 Å². The van der Waals surface area contributed by atoms with Crippen molar-refractivity contribution in [3.63, 3.8) is 0 Å². The summed E-state index contributed by atoms with van der Waals surface area (Å²) in [6, 6.07) is 9.56. The van der Waals surface area contributed by atoms with Crippen molar-refractivity contribution >= 4 is 53.2 Å². The fraction of sp³-hybridized carbons (Fsp3) is 0.381. The average molecular weight is 435 g/mol. The number of nitrogen functional groups attached to an aromatic ring is 1. The second-order valence-electron chi connectivity index (χ2n) is 8.39. The smallest absolute Gasteiger partial charge is 0.324 e. The van der Waals surface area contributed by atoms with Gasteiger partial charge in [-0.3, -0.25) is 4.79 Å². The summed E-state index contributed by atoms with van der Waals surface area (Å²) in [5.74, 6) is -0.859. The van der Waals surface area contributed by atoms with E-state index in [1.165, 1.54) is 0 Å². The van der Waals surface area contributed by atoms with Crippen molar-refractivity contribution < 1.29 is 17.9 Å². The molecule has 0 aliphatic heterocycles. The molecule has 8 heteroatoms. The van der Waals surface area contributed by atoms with Crippen LogP contribution in [-0.2, 0) is 19.6 Å². The molecule has 1 unspecified atom stereocenters. The van der Waals surface area contributed by atoms with Gasteiger partial charge in [0.1, 0.15) is 11.6 Å². The Hall–Kier alpha value is -2.16. The Labute approximate surface area is 175 Å². The van der Waals surface area contributed by atoms with Gasteiger partial charge in [-0.05, 0) is 57.0 Å². The van der Waals surface area contributed by atoms with Crippen molar-refractivity contribution in [2.45, 2.75) is 51.2 Å². The summed E-state index contributed by atoms with van der Waals surface area (Å²) >= 11 is 1.56. The monoisotopic (exact) mass is 434 g/mol. The first-order chi connectivity index (χ1) is 13.4. The SMILES string of the molecule is CC(C)C(NS(=O)(=O)c1ccc2sc3cc(N)ccc3c2c1)C(=O)OC(C)(C)C. The predicted molar refractivity (Wildman–Crippen MR) is 119 cm³/mol. The summed E-state index contributed by atoms with van der Waals surface area (Å²) in [4.78, 5) is 12.6. The molecule has 1 heterocycles. The number of ether oxygens (including phenoxy) is 1. The van der Waals surface area contributed by atoms with Gasteiger partial charge in [0, 0.05) is 25.9 Å². The van der Waals surface area contributed by atoms with Gasteiger partial charge >= 0.3 is 5.97 Å². The molecular weight excluding hydrogens is 408 g/mol. The van der Waals surface area contributed by atoms with Gasteiger partial charge in [-0.1, -0.05) is 19.9 Å². The topological polar surface area (TPSA) is 98.5 Å². The minimum atomic E-state index is -3.92. The van der Waals surface area contributed by atoms with E-state index in [1.807, 2.05) is 12.1 Å². The summed E-state index contributed by atoms with van der Waals surface area (Å²) in [5, 5.41) is 1.79. The van der Waals surface area contributed by atoms with Crippen LogP contribution in [0.4, 0.5) is 5.69 Å². The van der Waals surface area contributed by atoms with Gasteiger partial charge < -0.3 is 10.5 Å². The largest absolute Gasteiger partial charge is 0.459 e. The highest BCUT2D eigenvalue weighted by Gasteiger charge is 2.32. The van der Waals surface area contributed by atoms with E-state index >= 15 is 0 Å². The minimum Gasteiger partial charge on any atom is -0.459 e. The average Bonchev–Trinajstić information content (AvgIpc) is 2.94. The van der Waals surface area contributed by atoms with Crippen LogP contribution in [0.25, 0.3) is 20.2 Å². The third kappa shape index (κ3) is 4.71. The molecule has 0 fully saturated rings. The van der Waals surface area contributed by atoms with E-state index in [4.69, 9.17) is 10.5 Å². The second kappa shape index (κ2) is 7.59. The normalized spacial score (nSPS) is 13.9. The highest BCUT2D eigenvalue weighted by atomic mass is 32.2. The fourth-order valence-electron chi connectivity index (χ4n) is 3.00. The number of hydrogen-bond acceptors (Lipinski definition) is 6. The van der Waals surface area contributed by atoms with Gasteiger partial charge in [-0.25, -0.2) is 8.42 Å². The van der Waals surface area contributed by atoms with Gasteiger partial charge in [0.2, 0.25) is 10.0 Å². The highest BCUT2D eigenvalue weighted by Crippen LogP contribution is 2.36. The third-order valence-corrected chi connectivity index (χ3v) is 6.96. The van der Waals surface area contributed by atoms with Crippen LogP contribution in [0.5, 0.6) is 0 Å². The van der Waals surface area contributed by atoms with E-state index in [-0.39, 0.29) is 10.8 Å². The zero-order chi connectivity index (χ0) is 21.6. The number of sulfonamides is 1. The number of thiophene rings is 1. The molecule has 1 atom stereocenters. The van der Waals surface area contributed by atoms with E-state index in [2.05, 4.69) is 4.72 Å². The van der Waals surface area contributed by atoms with Crippen LogP contribution < -0.4 is 10.5 Å². The molecule has 156 valence electrons. The number of nitrogens with one attached hydrogen (secondary N) is 1. The number of carbonyl (C=O) groups excluding carboxylic acids is 1. The number of rotatable bonds is 5. The Morgan fingerprint density at radius 1 is 1.07 bits per heavy atom. The molecule has 0 spiro atoms. The third-order valence-electron chi connectivity index (χ3n) is 4.39. The Balaban J connectivity index is 1.98. The number of fused-ring (bicyclic) bond motifs is 3. The molecule has 3 aromatic rings. The molecule has 0 saturated heterocycles. The molecule has 29 heavy (non-hydrogen) atoms. The van der Waals surface area contributed by atoms with Crippen LogP contribution in [0.3, 0.4) is 0 Å². The van der Waals surface area contributed by atoms with Gasteiger partial charge in [0.15, 0.2) is 0 Å². The molecule has 0 aliphatic carbocycles. The van der Waals surface area contributed by atoms with Crippen LogP contribution in [0.1, 0.15) is 34.6 Å². The molecule has 0 bridgehead atoms. The summed E-state index contributed by atoms with van der Waals surface area (Å²) in [5.41, 5.74) is 5.82. The first-order valence-corrected chi connectivity index (χ1v) is 11.6. The van der Waals surface area contributed by atoms with E-state index in [9.17, 15) is 13.2 Å². The van der Waals surface area contributed by atoms with E-state index < -0.39 is 27.6 Å². The molecular formula is C21H26N2O4S2. The zero-order valence-corrected chi connectivity index (χ0v) is 18.8. The summed E-state index contributed by atoms with van der Waals surface area (Å²) in [7, 11) is -3.92.